The average Bonchev–Trinajstić information content (AvgIpc) is 2.16. The highest BCUT2D eigenvalue weighted by Gasteiger charge is 2.25. The lowest BCUT2D eigenvalue weighted by molar-refractivity contribution is -0.122. The van der Waals surface area contributed by atoms with Crippen LogP contribution in [0.15, 0.2) is 24.3 Å². The van der Waals surface area contributed by atoms with Crippen molar-refractivity contribution in [3.63, 3.8) is 0 Å². The summed E-state index contributed by atoms with van der Waals surface area (Å²) in [4.78, 5) is 23.3. The van der Waals surface area contributed by atoms with Crippen LogP contribution in [0.1, 0.15) is 16.8 Å². The van der Waals surface area contributed by atoms with Crippen molar-refractivity contribution in [1.29, 1.82) is 0 Å². The fourth-order valence-corrected chi connectivity index (χ4v) is 1.39. The van der Waals surface area contributed by atoms with Gasteiger partial charge in [-0.15, -0.1) is 0 Å². The van der Waals surface area contributed by atoms with Gasteiger partial charge in [0.1, 0.15) is 0 Å². The first kappa shape index (κ1) is 8.74. The maximum atomic E-state index is 11.1. The third-order valence-corrected chi connectivity index (χ3v) is 2.26. The minimum Gasteiger partial charge on any atom is -0.478 e. The lowest BCUT2D eigenvalue weighted by Gasteiger charge is -2.30. The third kappa shape index (κ3) is 1.35. The van der Waals surface area contributed by atoms with E-state index in [1.807, 2.05) is 0 Å². The molecular weight excluding hydrogens is 182 g/mol. The topological polar surface area (TPSA) is 57.6 Å². The maximum Gasteiger partial charge on any atom is 0.335 e. The number of aromatic carboxylic acids is 1. The number of hydrogen-bond donors (Lipinski definition) is 1. The molecule has 4 heteroatoms. The van der Waals surface area contributed by atoms with Crippen LogP contribution in [0.25, 0.3) is 0 Å². The molecule has 72 valence electrons. The molecule has 1 aliphatic rings. The molecule has 0 radical (unpaired) electrons. The first-order valence-electron chi connectivity index (χ1n) is 4.32. The fraction of sp³-hybridized carbons (Fsp3) is 0.200. The van der Waals surface area contributed by atoms with Crippen molar-refractivity contribution >= 4 is 17.6 Å². The summed E-state index contributed by atoms with van der Waals surface area (Å²) < 4.78 is 0. The zero-order chi connectivity index (χ0) is 10.1. The first-order chi connectivity index (χ1) is 6.68. The zero-order valence-corrected chi connectivity index (χ0v) is 7.43. The molecule has 0 atom stereocenters. The van der Waals surface area contributed by atoms with Crippen molar-refractivity contribution < 1.29 is 14.7 Å². The summed E-state index contributed by atoms with van der Waals surface area (Å²) >= 11 is 0. The summed E-state index contributed by atoms with van der Waals surface area (Å²) in [6, 6.07) is 6.41. The van der Waals surface area contributed by atoms with Crippen molar-refractivity contribution in [2.45, 2.75) is 6.42 Å². The van der Waals surface area contributed by atoms with Crippen LogP contribution < -0.4 is 4.90 Å². The molecule has 0 aliphatic carbocycles. The van der Waals surface area contributed by atoms with E-state index in [2.05, 4.69) is 0 Å². The Labute approximate surface area is 80.8 Å². The summed E-state index contributed by atoms with van der Waals surface area (Å²) in [5, 5.41) is 8.74. The normalized spacial score (nSPS) is 15.1. The molecule has 1 saturated heterocycles. The van der Waals surface area contributed by atoms with E-state index in [-0.39, 0.29) is 11.5 Å². The van der Waals surface area contributed by atoms with E-state index < -0.39 is 5.97 Å². The Morgan fingerprint density at radius 3 is 2.71 bits per heavy atom. The molecule has 2 rings (SSSR count). The van der Waals surface area contributed by atoms with Crippen LogP contribution in [-0.2, 0) is 4.79 Å². The fourth-order valence-electron chi connectivity index (χ4n) is 1.39. The predicted molar refractivity (Wildman–Crippen MR) is 50.4 cm³/mol. The van der Waals surface area contributed by atoms with Crippen LogP contribution in [0, 0.1) is 0 Å². The molecule has 1 N–H and O–H groups in total. The first-order valence-corrected chi connectivity index (χ1v) is 4.32. The Balaban J connectivity index is 2.30. The smallest absolute Gasteiger partial charge is 0.335 e. The van der Waals surface area contributed by atoms with Gasteiger partial charge in [-0.25, -0.2) is 4.79 Å². The average molecular weight is 191 g/mol. The number of hydrogen-bond acceptors (Lipinski definition) is 2. The number of carboxylic acids is 1. The Kier molecular flexibility index (Phi) is 1.96. The van der Waals surface area contributed by atoms with E-state index in [4.69, 9.17) is 5.11 Å². The number of carbonyl (C=O) groups excluding carboxylic acids is 1. The van der Waals surface area contributed by atoms with Crippen molar-refractivity contribution in [2.24, 2.45) is 0 Å². The van der Waals surface area contributed by atoms with E-state index in [0.29, 0.717) is 18.7 Å². The highest BCUT2D eigenvalue weighted by molar-refractivity contribution is 6.00. The Morgan fingerprint density at radius 1 is 1.43 bits per heavy atom. The van der Waals surface area contributed by atoms with E-state index in [1.165, 1.54) is 12.1 Å². The van der Waals surface area contributed by atoms with Crippen LogP contribution in [0.5, 0.6) is 0 Å². The van der Waals surface area contributed by atoms with Gasteiger partial charge in [0.15, 0.2) is 0 Å². The number of carboxylic acid groups (broad SMARTS) is 1. The van der Waals surface area contributed by atoms with Crippen molar-refractivity contribution in [3.8, 4) is 0 Å². The zero-order valence-electron chi connectivity index (χ0n) is 7.43. The molecule has 14 heavy (non-hydrogen) atoms. The number of amides is 1. The Bertz CT molecular complexity index is 400. The Morgan fingerprint density at radius 2 is 2.21 bits per heavy atom. The van der Waals surface area contributed by atoms with Crippen LogP contribution >= 0.6 is 0 Å². The van der Waals surface area contributed by atoms with E-state index in [1.54, 1.807) is 17.0 Å². The number of β-lactam (4-membered cyclic amide) rings is 1. The second-order valence-electron chi connectivity index (χ2n) is 3.15. The molecule has 0 saturated carbocycles. The van der Waals surface area contributed by atoms with Crippen LogP contribution in [0.2, 0.25) is 0 Å². The van der Waals surface area contributed by atoms with Gasteiger partial charge in [-0.3, -0.25) is 4.79 Å². The third-order valence-electron chi connectivity index (χ3n) is 2.26. The second-order valence-corrected chi connectivity index (χ2v) is 3.15. The molecule has 1 aromatic rings. The molecule has 1 aromatic carbocycles. The molecule has 1 aliphatic heterocycles. The molecule has 0 bridgehead atoms. The van der Waals surface area contributed by atoms with Crippen LogP contribution in [0.3, 0.4) is 0 Å². The molecular formula is C10H9NO3. The second kappa shape index (κ2) is 3.14. The number of rotatable bonds is 2. The van der Waals surface area contributed by atoms with Gasteiger partial charge in [0.05, 0.1) is 5.56 Å². The summed E-state index contributed by atoms with van der Waals surface area (Å²) in [5.41, 5.74) is 0.878. The minimum atomic E-state index is -0.972. The Hall–Kier alpha value is -1.84. The van der Waals surface area contributed by atoms with Crippen LogP contribution in [0.4, 0.5) is 5.69 Å². The van der Waals surface area contributed by atoms with Gasteiger partial charge in [-0.05, 0) is 18.2 Å². The van der Waals surface area contributed by atoms with Gasteiger partial charge >= 0.3 is 5.97 Å². The quantitative estimate of drug-likeness (QED) is 0.712. The molecule has 1 heterocycles. The van der Waals surface area contributed by atoms with Crippen molar-refractivity contribution in [1.82, 2.24) is 0 Å². The van der Waals surface area contributed by atoms with Gasteiger partial charge in [-0.1, -0.05) is 6.07 Å². The van der Waals surface area contributed by atoms with E-state index >= 15 is 0 Å². The standard InChI is InChI=1S/C10H9NO3/c12-9-4-5-11(9)8-3-1-2-7(6-8)10(13)14/h1-3,6H,4-5H2,(H,13,14). The van der Waals surface area contributed by atoms with Crippen LogP contribution in [-0.4, -0.2) is 23.5 Å². The molecule has 0 spiro atoms. The largest absolute Gasteiger partial charge is 0.478 e. The van der Waals surface area contributed by atoms with Gasteiger partial charge in [0, 0.05) is 18.7 Å². The molecule has 1 amide bonds. The maximum absolute atomic E-state index is 11.1. The summed E-state index contributed by atoms with van der Waals surface area (Å²) in [5.74, 6) is -0.924. The SMILES string of the molecule is O=C(O)c1cccc(N2CCC2=O)c1. The monoisotopic (exact) mass is 191 g/mol. The number of benzene rings is 1. The lowest BCUT2D eigenvalue weighted by atomic mass is 10.1. The molecule has 0 unspecified atom stereocenters. The van der Waals surface area contributed by atoms with E-state index in [9.17, 15) is 9.59 Å². The number of nitrogens with zero attached hydrogens (tertiary/aromatic N) is 1. The van der Waals surface area contributed by atoms with E-state index in [0.717, 1.165) is 0 Å². The molecule has 1 fully saturated rings. The van der Waals surface area contributed by atoms with Gasteiger partial charge < -0.3 is 10.0 Å². The highest BCUT2D eigenvalue weighted by atomic mass is 16.4. The number of anilines is 1. The molecule has 4 nitrogen and oxygen atoms in total. The van der Waals surface area contributed by atoms with Gasteiger partial charge in [-0.2, -0.15) is 0 Å². The number of carbonyl (C=O) groups is 2. The lowest BCUT2D eigenvalue weighted by Crippen LogP contribution is -2.43. The van der Waals surface area contributed by atoms with Crippen molar-refractivity contribution in [3.05, 3.63) is 29.8 Å². The van der Waals surface area contributed by atoms with Gasteiger partial charge in [0.25, 0.3) is 0 Å². The molecule has 0 aromatic heterocycles. The minimum absolute atomic E-state index is 0.0486. The summed E-state index contributed by atoms with van der Waals surface area (Å²) in [7, 11) is 0. The van der Waals surface area contributed by atoms with Gasteiger partial charge in [0.2, 0.25) is 5.91 Å². The summed E-state index contributed by atoms with van der Waals surface area (Å²) in [6.45, 7) is 0.682. The van der Waals surface area contributed by atoms with Crippen molar-refractivity contribution in [2.75, 3.05) is 11.4 Å². The predicted octanol–water partition coefficient (Wildman–Crippen LogP) is 1.12. The summed E-state index contributed by atoms with van der Waals surface area (Å²) in [6.07, 6.45) is 0.553. The highest BCUT2D eigenvalue weighted by Crippen LogP contribution is 2.22.